The normalized spacial score (nSPS) is 21.7. The average molecular weight is 649 g/mol. The lowest BCUT2D eigenvalue weighted by Gasteiger charge is -2.38. The fraction of sp³-hybridized carbons (Fsp3) is 0.400. The summed E-state index contributed by atoms with van der Waals surface area (Å²) < 4.78 is 74.7. The molecule has 2 unspecified atom stereocenters. The third-order valence-electron chi connectivity index (χ3n) is 8.67. The van der Waals surface area contributed by atoms with Gasteiger partial charge in [0, 0.05) is 44.3 Å². The molecule has 3 aliphatic rings. The van der Waals surface area contributed by atoms with Crippen molar-refractivity contribution >= 4 is 35.6 Å². The summed E-state index contributed by atoms with van der Waals surface area (Å²) in [6.07, 6.45) is -2.13. The van der Waals surface area contributed by atoms with Crippen LogP contribution in [0.5, 0.6) is 0 Å². The second kappa shape index (κ2) is 12.6. The Morgan fingerprint density at radius 2 is 1.76 bits per heavy atom. The van der Waals surface area contributed by atoms with Crippen molar-refractivity contribution < 1.29 is 36.3 Å². The molecular weight excluding hydrogens is 615 g/mol. The van der Waals surface area contributed by atoms with Crippen molar-refractivity contribution in [3.8, 4) is 0 Å². The van der Waals surface area contributed by atoms with Gasteiger partial charge in [0.25, 0.3) is 0 Å². The van der Waals surface area contributed by atoms with Gasteiger partial charge in [-0.2, -0.15) is 18.3 Å². The van der Waals surface area contributed by atoms with Crippen molar-refractivity contribution in [2.24, 2.45) is 21.7 Å². The molecule has 46 heavy (non-hydrogen) atoms. The highest BCUT2D eigenvalue weighted by Crippen LogP contribution is 2.51. The summed E-state index contributed by atoms with van der Waals surface area (Å²) in [5.74, 6) is -1.73. The first kappa shape index (κ1) is 32.7. The number of nitrogens with zero attached hydrogens (tertiary/aromatic N) is 4. The van der Waals surface area contributed by atoms with Crippen LogP contribution in [0.4, 0.5) is 42.9 Å². The smallest absolute Gasteiger partial charge is 0.385 e. The van der Waals surface area contributed by atoms with Crippen molar-refractivity contribution in [3.05, 3.63) is 70.4 Å². The first-order chi connectivity index (χ1) is 21.8. The zero-order valence-electron chi connectivity index (χ0n) is 25.2. The lowest BCUT2D eigenvalue weighted by molar-refractivity contribution is -0.137. The predicted molar refractivity (Wildman–Crippen MR) is 161 cm³/mol. The van der Waals surface area contributed by atoms with E-state index in [0.29, 0.717) is 49.7 Å². The van der Waals surface area contributed by atoms with E-state index in [-0.39, 0.29) is 30.1 Å². The van der Waals surface area contributed by atoms with Gasteiger partial charge in [-0.05, 0) is 61.2 Å². The summed E-state index contributed by atoms with van der Waals surface area (Å²) in [4.78, 5) is 30.7. The maximum Gasteiger partial charge on any atom is 0.416 e. The van der Waals surface area contributed by atoms with Crippen LogP contribution in [0.25, 0.3) is 0 Å². The second-order valence-electron chi connectivity index (χ2n) is 11.3. The number of carbonyl (C=O) groups excluding carboxylic acids is 2. The van der Waals surface area contributed by atoms with E-state index < -0.39 is 46.5 Å². The second-order valence-corrected chi connectivity index (χ2v) is 11.3. The van der Waals surface area contributed by atoms with Gasteiger partial charge in [0.1, 0.15) is 29.9 Å². The molecule has 2 aromatic rings. The number of benzene rings is 2. The number of anilines is 2. The molecule has 246 valence electrons. The summed E-state index contributed by atoms with van der Waals surface area (Å²) in [6, 6.07) is 3.72. The average Bonchev–Trinajstić information content (AvgIpc) is 3.27. The lowest BCUT2D eigenvalue weighted by Crippen LogP contribution is -2.52. The largest absolute Gasteiger partial charge is 0.416 e. The number of nitrogens with two attached hydrogens (primary N) is 1. The molecule has 5 rings (SSSR count). The summed E-state index contributed by atoms with van der Waals surface area (Å²) in [5, 5.41) is 13.2. The molecule has 0 bridgehead atoms. The zero-order valence-corrected chi connectivity index (χ0v) is 25.2. The van der Waals surface area contributed by atoms with E-state index in [4.69, 9.17) is 10.5 Å². The summed E-state index contributed by atoms with van der Waals surface area (Å²) in [7, 11) is 3.12. The van der Waals surface area contributed by atoms with Crippen LogP contribution in [0.2, 0.25) is 0 Å². The van der Waals surface area contributed by atoms with Crippen molar-refractivity contribution in [2.75, 3.05) is 44.5 Å². The van der Waals surface area contributed by atoms with Crippen LogP contribution in [0.15, 0.2) is 57.8 Å². The number of carbonyl (C=O) groups is 2. The fourth-order valence-corrected chi connectivity index (χ4v) is 6.38. The minimum absolute atomic E-state index is 0.0239. The quantitative estimate of drug-likeness (QED) is 0.333. The van der Waals surface area contributed by atoms with Crippen molar-refractivity contribution in [3.63, 3.8) is 0 Å². The number of likely N-dealkylation sites (tertiary alicyclic amines) is 1. The number of halogens is 5. The molecule has 0 aromatic heterocycles. The Balaban J connectivity index is 1.45. The summed E-state index contributed by atoms with van der Waals surface area (Å²) >= 11 is 0. The Morgan fingerprint density at radius 3 is 2.39 bits per heavy atom. The molecular formula is C30H33F5N8O3. The highest BCUT2D eigenvalue weighted by Gasteiger charge is 2.55. The maximum atomic E-state index is 15.6. The van der Waals surface area contributed by atoms with Gasteiger partial charge in [-0.25, -0.2) is 23.4 Å². The molecule has 2 aromatic carbocycles. The Labute approximate surface area is 261 Å². The summed E-state index contributed by atoms with van der Waals surface area (Å²) in [5.41, 5.74) is 5.38. The molecule has 3 aliphatic heterocycles. The van der Waals surface area contributed by atoms with Gasteiger partial charge in [0.05, 0.1) is 23.5 Å². The number of aliphatic imine (C=N–C) groups is 1. The molecule has 5 N–H and O–H groups in total. The van der Waals surface area contributed by atoms with Crippen LogP contribution in [-0.2, 0) is 16.3 Å². The first-order valence-electron chi connectivity index (χ1n) is 14.4. The standard InChI is InChI=1S/C30H33F5N8O3/c1-29(17-5-7-22(21(32)12-17)40-27(44)41-23-13-18(30(33,34)35)4-6-20(23)31)19(14-46-3)24(43-25(29)26(36)38-15-39-43)16-8-10-42(11-9-16)28(45)37-2/h4-7,12-13,15-16,25H,8-11,14H2,1-3H3,(H,37,45)(H2,36,38,39)(H2,40,41,44). The highest BCUT2D eigenvalue weighted by atomic mass is 19.4. The summed E-state index contributed by atoms with van der Waals surface area (Å²) in [6.45, 7) is 3.06. The predicted octanol–water partition coefficient (Wildman–Crippen LogP) is 4.84. The first-order valence-corrected chi connectivity index (χ1v) is 14.4. The Morgan fingerprint density at radius 1 is 1.07 bits per heavy atom. The Kier molecular flexibility index (Phi) is 8.93. The van der Waals surface area contributed by atoms with Crippen LogP contribution in [0.3, 0.4) is 0 Å². The maximum absolute atomic E-state index is 15.6. The molecule has 4 amide bonds. The van der Waals surface area contributed by atoms with E-state index in [1.807, 2.05) is 12.2 Å². The number of piperidine rings is 1. The number of nitrogens with one attached hydrogen (secondary N) is 3. The number of rotatable bonds is 6. The van der Waals surface area contributed by atoms with Crippen LogP contribution in [0.1, 0.15) is 30.9 Å². The molecule has 3 heterocycles. The zero-order chi connectivity index (χ0) is 33.4. The fourth-order valence-electron chi connectivity index (χ4n) is 6.38. The number of amides is 4. The highest BCUT2D eigenvalue weighted by molar-refractivity contribution is 6.00. The molecule has 11 nitrogen and oxygen atoms in total. The van der Waals surface area contributed by atoms with Gasteiger partial charge >= 0.3 is 18.2 Å². The number of alkyl halides is 3. The molecule has 1 saturated heterocycles. The number of allylic oxidation sites excluding steroid dienone is 1. The molecule has 0 spiro atoms. The number of ether oxygens (including phenoxy) is 1. The third kappa shape index (κ3) is 5.96. The lowest BCUT2D eigenvalue weighted by atomic mass is 9.71. The van der Waals surface area contributed by atoms with E-state index in [0.717, 1.165) is 11.3 Å². The number of hydrogen-bond acceptors (Lipinski definition) is 7. The molecule has 16 heteroatoms. The van der Waals surface area contributed by atoms with Crippen molar-refractivity contribution in [2.45, 2.75) is 37.4 Å². The number of hydrogen-bond donors (Lipinski definition) is 4. The minimum atomic E-state index is -4.76. The van der Waals surface area contributed by atoms with Gasteiger partial charge in [0.2, 0.25) is 0 Å². The van der Waals surface area contributed by atoms with Crippen LogP contribution >= 0.6 is 0 Å². The molecule has 2 atom stereocenters. The molecule has 0 radical (unpaired) electrons. The van der Waals surface area contributed by atoms with Crippen LogP contribution in [0, 0.1) is 17.6 Å². The Hall–Kier alpha value is -4.73. The van der Waals surface area contributed by atoms with Gasteiger partial charge < -0.3 is 31.3 Å². The molecule has 0 aliphatic carbocycles. The van der Waals surface area contributed by atoms with E-state index >= 15 is 4.39 Å². The van der Waals surface area contributed by atoms with Gasteiger partial charge in [-0.3, -0.25) is 5.01 Å². The van der Waals surface area contributed by atoms with Crippen molar-refractivity contribution in [1.29, 1.82) is 0 Å². The van der Waals surface area contributed by atoms with E-state index in [9.17, 15) is 27.2 Å². The van der Waals surface area contributed by atoms with E-state index in [1.165, 1.54) is 25.6 Å². The topological polar surface area (TPSA) is 137 Å². The number of hydrazone groups is 1. The van der Waals surface area contributed by atoms with E-state index in [1.54, 1.807) is 23.0 Å². The van der Waals surface area contributed by atoms with Gasteiger partial charge in [0.15, 0.2) is 0 Å². The monoisotopic (exact) mass is 648 g/mol. The minimum Gasteiger partial charge on any atom is -0.385 e. The molecule has 1 fully saturated rings. The SMILES string of the molecule is CNC(=O)N1CCC(C2=C(COC)C(C)(c3ccc(NC(=O)Nc4cc(C(F)(F)F)ccc4F)c(F)c3)C3C(N)=NC=NN23)CC1. The number of fused-ring (bicyclic) bond motifs is 1. The van der Waals surface area contributed by atoms with Crippen LogP contribution < -0.4 is 21.7 Å². The van der Waals surface area contributed by atoms with Crippen LogP contribution in [-0.4, -0.2) is 74.0 Å². The number of amidine groups is 1. The van der Waals surface area contributed by atoms with E-state index in [2.05, 4.69) is 20.7 Å². The number of urea groups is 2. The van der Waals surface area contributed by atoms with Gasteiger partial charge in [-0.1, -0.05) is 6.07 Å². The Bertz CT molecular complexity index is 1620. The third-order valence-corrected chi connectivity index (χ3v) is 8.67. The van der Waals surface area contributed by atoms with Crippen molar-refractivity contribution in [1.82, 2.24) is 15.2 Å². The number of methoxy groups -OCH3 is 1. The van der Waals surface area contributed by atoms with Gasteiger partial charge in [-0.15, -0.1) is 0 Å². The molecule has 0 saturated carbocycles.